The molecule has 0 saturated carbocycles. The number of nitrogen functional groups attached to an aromatic ring is 1. The summed E-state index contributed by atoms with van der Waals surface area (Å²) in [7, 11) is 0. The number of nitrogens with two attached hydrogens (primary N) is 1. The Hall–Kier alpha value is -2.69. The Morgan fingerprint density at radius 3 is 2.53 bits per heavy atom. The summed E-state index contributed by atoms with van der Waals surface area (Å²) in [6.07, 6.45) is 12.9. The third-order valence-electron chi connectivity index (χ3n) is 5.71. The number of fused-ring (bicyclic) bond motifs is 1. The molecule has 1 aromatic heterocycles. The third kappa shape index (κ3) is 7.47. The molecule has 0 aliphatic rings. The second-order valence-corrected chi connectivity index (χ2v) is 8.86. The van der Waals surface area contributed by atoms with E-state index in [0.717, 1.165) is 25.7 Å². The average Bonchev–Trinajstić information content (AvgIpc) is 2.74. The van der Waals surface area contributed by atoms with E-state index in [-0.39, 0.29) is 23.7 Å². The fourth-order valence-corrected chi connectivity index (χ4v) is 3.79. The number of pyridine rings is 1. The van der Waals surface area contributed by atoms with Crippen LogP contribution in [0.4, 0.5) is 5.69 Å². The van der Waals surface area contributed by atoms with Crippen LogP contribution in [0.2, 0.25) is 0 Å². The molecule has 2 aromatic rings. The maximum absolute atomic E-state index is 13.2. The van der Waals surface area contributed by atoms with Gasteiger partial charge in [-0.1, -0.05) is 56.3 Å². The largest absolute Gasteiger partial charge is 0.504 e. The molecule has 0 amide bonds. The Balaban J connectivity index is 2.21. The van der Waals surface area contributed by atoms with Crippen molar-refractivity contribution >= 4 is 16.6 Å². The second-order valence-electron chi connectivity index (χ2n) is 8.86. The van der Waals surface area contributed by atoms with Crippen molar-refractivity contribution in [1.82, 2.24) is 4.57 Å². The summed E-state index contributed by atoms with van der Waals surface area (Å²) in [6.45, 7) is 9.28. The van der Waals surface area contributed by atoms with E-state index in [0.29, 0.717) is 23.1 Å². The lowest BCUT2D eigenvalue weighted by molar-refractivity contribution is 0.328. The molecule has 0 atom stereocenters. The Kier molecular flexibility index (Phi) is 10.4. The molecule has 0 unspecified atom stereocenters. The van der Waals surface area contributed by atoms with E-state index in [1.165, 1.54) is 36.8 Å². The Morgan fingerprint density at radius 1 is 1.09 bits per heavy atom. The highest BCUT2D eigenvalue weighted by molar-refractivity contribution is 5.89. The first kappa shape index (κ1) is 25.6. The molecule has 32 heavy (non-hydrogen) atoms. The zero-order valence-electron chi connectivity index (χ0n) is 20.2. The maximum Gasteiger partial charge on any atom is 0.297 e. The van der Waals surface area contributed by atoms with Gasteiger partial charge in [0, 0.05) is 17.6 Å². The number of aromatic nitrogens is 1. The molecular weight excluding hydrogens is 400 g/mol. The number of rotatable bonds is 13. The molecule has 0 bridgehead atoms. The first-order chi connectivity index (χ1) is 15.3. The number of allylic oxidation sites excluding steroid dienone is 3. The number of unbranched alkanes of at least 4 members (excludes halogenated alkanes) is 5. The predicted molar refractivity (Wildman–Crippen MR) is 136 cm³/mol. The molecule has 5 heteroatoms. The van der Waals surface area contributed by atoms with Gasteiger partial charge in [-0.3, -0.25) is 4.79 Å². The SMILES string of the molecule is CCCCCCCCn1c(=O)c(OC/C=C(\C)CCC=C(C)C)c(O)c2ccc(N)cc21. The molecule has 1 aromatic carbocycles. The Morgan fingerprint density at radius 2 is 1.81 bits per heavy atom. The van der Waals surface area contributed by atoms with E-state index in [1.54, 1.807) is 22.8 Å². The summed E-state index contributed by atoms with van der Waals surface area (Å²) in [5.41, 5.74) is 9.40. The van der Waals surface area contributed by atoms with E-state index in [1.807, 2.05) is 6.08 Å². The molecule has 3 N–H and O–H groups in total. The highest BCUT2D eigenvalue weighted by Gasteiger charge is 2.17. The molecular formula is C27H40N2O3. The van der Waals surface area contributed by atoms with Crippen LogP contribution >= 0.6 is 0 Å². The molecule has 0 aliphatic carbocycles. The monoisotopic (exact) mass is 440 g/mol. The number of hydrogen-bond donors (Lipinski definition) is 2. The van der Waals surface area contributed by atoms with Crippen LogP contribution in [0.3, 0.4) is 0 Å². The van der Waals surface area contributed by atoms with Crippen molar-refractivity contribution in [2.75, 3.05) is 12.3 Å². The number of aromatic hydroxyl groups is 1. The van der Waals surface area contributed by atoms with Gasteiger partial charge in [0.05, 0.1) is 5.52 Å². The highest BCUT2D eigenvalue weighted by atomic mass is 16.5. The molecule has 5 nitrogen and oxygen atoms in total. The van der Waals surface area contributed by atoms with E-state index in [4.69, 9.17) is 10.5 Å². The number of aryl methyl sites for hydroxylation is 1. The fourth-order valence-electron chi connectivity index (χ4n) is 3.79. The number of ether oxygens (including phenoxy) is 1. The Labute approximate surface area is 192 Å². The van der Waals surface area contributed by atoms with Gasteiger partial charge in [-0.15, -0.1) is 0 Å². The molecule has 0 fully saturated rings. The first-order valence-electron chi connectivity index (χ1n) is 11.9. The number of hydrogen-bond acceptors (Lipinski definition) is 4. The van der Waals surface area contributed by atoms with Crippen molar-refractivity contribution < 1.29 is 9.84 Å². The molecule has 0 aliphatic heterocycles. The van der Waals surface area contributed by atoms with Gasteiger partial charge in [-0.25, -0.2) is 0 Å². The van der Waals surface area contributed by atoms with Crippen LogP contribution < -0.4 is 16.0 Å². The van der Waals surface area contributed by atoms with Crippen molar-refractivity contribution in [3.8, 4) is 11.5 Å². The van der Waals surface area contributed by atoms with Crippen molar-refractivity contribution in [1.29, 1.82) is 0 Å². The van der Waals surface area contributed by atoms with Crippen LogP contribution in [0.25, 0.3) is 10.9 Å². The molecule has 1 heterocycles. The molecule has 176 valence electrons. The topological polar surface area (TPSA) is 77.5 Å². The van der Waals surface area contributed by atoms with Crippen LogP contribution in [0.15, 0.2) is 46.3 Å². The summed E-state index contributed by atoms with van der Waals surface area (Å²) >= 11 is 0. The van der Waals surface area contributed by atoms with E-state index in [9.17, 15) is 9.90 Å². The van der Waals surface area contributed by atoms with Crippen molar-refractivity contribution in [3.05, 3.63) is 51.9 Å². The van der Waals surface area contributed by atoms with Crippen LogP contribution in [-0.2, 0) is 6.54 Å². The van der Waals surface area contributed by atoms with E-state index < -0.39 is 0 Å². The molecule has 0 radical (unpaired) electrons. The normalized spacial score (nSPS) is 11.7. The highest BCUT2D eigenvalue weighted by Crippen LogP contribution is 2.32. The van der Waals surface area contributed by atoms with Gasteiger partial charge in [0.2, 0.25) is 5.75 Å². The first-order valence-corrected chi connectivity index (χ1v) is 11.9. The van der Waals surface area contributed by atoms with Crippen molar-refractivity contribution in [2.24, 2.45) is 0 Å². The summed E-state index contributed by atoms with van der Waals surface area (Å²) in [6, 6.07) is 5.24. The molecule has 0 spiro atoms. The van der Waals surface area contributed by atoms with Crippen LogP contribution in [0.5, 0.6) is 11.5 Å². The fraction of sp³-hybridized carbons (Fsp3) is 0.519. The maximum atomic E-state index is 13.2. The molecule has 0 saturated heterocycles. The lowest BCUT2D eigenvalue weighted by Crippen LogP contribution is -2.23. The van der Waals surface area contributed by atoms with Gasteiger partial charge < -0.3 is 20.1 Å². The summed E-state index contributed by atoms with van der Waals surface area (Å²) < 4.78 is 7.50. The summed E-state index contributed by atoms with van der Waals surface area (Å²) in [5, 5.41) is 11.4. The summed E-state index contributed by atoms with van der Waals surface area (Å²) in [5.74, 6) is -0.0959. The lowest BCUT2D eigenvalue weighted by atomic mass is 10.1. The van der Waals surface area contributed by atoms with Gasteiger partial charge in [0.1, 0.15) is 6.61 Å². The van der Waals surface area contributed by atoms with Gasteiger partial charge in [0.15, 0.2) is 5.75 Å². The van der Waals surface area contributed by atoms with Gasteiger partial charge in [-0.05, 0) is 64.3 Å². The minimum Gasteiger partial charge on any atom is -0.504 e. The lowest BCUT2D eigenvalue weighted by Gasteiger charge is -2.16. The number of benzene rings is 1. The quantitative estimate of drug-likeness (QED) is 0.206. The minimum atomic E-state index is -0.301. The van der Waals surface area contributed by atoms with Crippen molar-refractivity contribution in [2.45, 2.75) is 85.6 Å². The van der Waals surface area contributed by atoms with Crippen molar-refractivity contribution in [3.63, 3.8) is 0 Å². The van der Waals surface area contributed by atoms with Crippen LogP contribution in [0, 0.1) is 0 Å². The third-order valence-corrected chi connectivity index (χ3v) is 5.71. The van der Waals surface area contributed by atoms with Gasteiger partial charge in [0.25, 0.3) is 5.56 Å². The van der Waals surface area contributed by atoms with Crippen LogP contribution in [0.1, 0.15) is 79.1 Å². The smallest absolute Gasteiger partial charge is 0.297 e. The Bertz CT molecular complexity index is 998. The number of anilines is 1. The zero-order chi connectivity index (χ0) is 23.5. The van der Waals surface area contributed by atoms with E-state index in [2.05, 4.69) is 33.8 Å². The molecule has 2 rings (SSSR count). The number of nitrogens with zero attached hydrogens (tertiary/aromatic N) is 1. The minimum absolute atomic E-state index is 0.0154. The standard InChI is InChI=1S/C27H40N2O3/c1-5-6-7-8-9-10-17-29-24-19-22(28)14-15-23(24)25(30)26(27(29)31)32-18-16-21(4)13-11-12-20(2)3/h12,14-16,19,30H,5-11,13,17-18,28H2,1-4H3/b21-16+. The second kappa shape index (κ2) is 13.0. The summed E-state index contributed by atoms with van der Waals surface area (Å²) in [4.78, 5) is 13.2. The van der Waals surface area contributed by atoms with Crippen LogP contribution in [-0.4, -0.2) is 16.3 Å². The van der Waals surface area contributed by atoms with Gasteiger partial charge >= 0.3 is 0 Å². The van der Waals surface area contributed by atoms with E-state index >= 15 is 0 Å². The van der Waals surface area contributed by atoms with Gasteiger partial charge in [-0.2, -0.15) is 0 Å². The zero-order valence-corrected chi connectivity index (χ0v) is 20.2. The average molecular weight is 441 g/mol. The predicted octanol–water partition coefficient (Wildman–Crippen LogP) is 6.72.